The molecule has 0 amide bonds. The monoisotopic (exact) mass is 354 g/mol. The summed E-state index contributed by atoms with van der Waals surface area (Å²) in [6.07, 6.45) is 0. The molecule has 1 N–H and O–H groups in total. The third-order valence-corrected chi connectivity index (χ3v) is 4.24. The molecule has 0 spiro atoms. The smallest absolute Gasteiger partial charge is 0.134 e. The van der Waals surface area contributed by atoms with E-state index in [2.05, 4.69) is 52.4 Å². The highest BCUT2D eigenvalue weighted by atomic mass is 79.9. The van der Waals surface area contributed by atoms with Gasteiger partial charge in [-0.15, -0.1) is 11.3 Å². The Morgan fingerprint density at radius 1 is 1.40 bits per heavy atom. The predicted molar refractivity (Wildman–Crippen MR) is 87.3 cm³/mol. The molecule has 0 atom stereocenters. The number of nitrogens with zero attached hydrogens (tertiary/aromatic N) is 1. The Bertz CT molecular complexity index is 569. The van der Waals surface area contributed by atoms with Crippen LogP contribution in [0.1, 0.15) is 30.1 Å². The van der Waals surface area contributed by atoms with E-state index in [0.717, 1.165) is 27.5 Å². The van der Waals surface area contributed by atoms with E-state index in [4.69, 9.17) is 4.74 Å². The molecule has 0 bridgehead atoms. The van der Waals surface area contributed by atoms with Crippen LogP contribution in [0.15, 0.2) is 28.1 Å². The summed E-state index contributed by atoms with van der Waals surface area (Å²) in [5.74, 6) is 0.852. The molecular formula is C15H19BrN2OS. The second-order valence-electron chi connectivity index (χ2n) is 4.99. The van der Waals surface area contributed by atoms with Gasteiger partial charge in [0, 0.05) is 18.0 Å². The highest BCUT2D eigenvalue weighted by Gasteiger charge is 2.05. The van der Waals surface area contributed by atoms with Crippen LogP contribution >= 0.6 is 27.3 Å². The fourth-order valence-electron chi connectivity index (χ4n) is 1.66. The number of hydrogen-bond acceptors (Lipinski definition) is 4. The summed E-state index contributed by atoms with van der Waals surface area (Å²) in [5.41, 5.74) is 2.18. The van der Waals surface area contributed by atoms with E-state index >= 15 is 0 Å². The zero-order chi connectivity index (χ0) is 14.5. The Balaban J connectivity index is 1.90. The van der Waals surface area contributed by atoms with Gasteiger partial charge >= 0.3 is 0 Å². The molecule has 0 aliphatic rings. The Morgan fingerprint density at radius 3 is 2.90 bits per heavy atom. The zero-order valence-electron chi connectivity index (χ0n) is 11.9. The van der Waals surface area contributed by atoms with Gasteiger partial charge in [0.2, 0.25) is 0 Å². The average Bonchev–Trinajstić information content (AvgIpc) is 2.83. The van der Waals surface area contributed by atoms with Crippen molar-refractivity contribution in [2.24, 2.45) is 0 Å². The topological polar surface area (TPSA) is 34.1 Å². The summed E-state index contributed by atoms with van der Waals surface area (Å²) in [6, 6.07) is 6.54. The van der Waals surface area contributed by atoms with Gasteiger partial charge in [-0.05, 0) is 40.5 Å². The number of thiazole rings is 1. The second kappa shape index (κ2) is 7.20. The Kier molecular flexibility index (Phi) is 5.57. The van der Waals surface area contributed by atoms with Crippen LogP contribution < -0.4 is 10.1 Å². The van der Waals surface area contributed by atoms with Crippen molar-refractivity contribution in [1.82, 2.24) is 10.3 Å². The zero-order valence-corrected chi connectivity index (χ0v) is 14.3. The Morgan fingerprint density at radius 2 is 2.20 bits per heavy atom. The molecule has 108 valence electrons. The third-order valence-electron chi connectivity index (χ3n) is 2.72. The van der Waals surface area contributed by atoms with E-state index in [9.17, 15) is 0 Å². The van der Waals surface area contributed by atoms with Crippen molar-refractivity contribution in [1.29, 1.82) is 0 Å². The average molecular weight is 355 g/mol. The van der Waals surface area contributed by atoms with Crippen LogP contribution in [0.4, 0.5) is 0 Å². The van der Waals surface area contributed by atoms with Gasteiger partial charge in [-0.2, -0.15) is 0 Å². The van der Waals surface area contributed by atoms with Crippen molar-refractivity contribution < 1.29 is 4.74 Å². The molecule has 20 heavy (non-hydrogen) atoms. The maximum absolute atomic E-state index is 5.79. The molecule has 0 saturated heterocycles. The van der Waals surface area contributed by atoms with Crippen molar-refractivity contribution in [2.75, 3.05) is 0 Å². The van der Waals surface area contributed by atoms with Crippen LogP contribution in [0.5, 0.6) is 5.75 Å². The normalized spacial score (nSPS) is 11.1. The number of nitrogens with one attached hydrogen (secondary N) is 1. The molecule has 0 unspecified atom stereocenters. The summed E-state index contributed by atoms with van der Waals surface area (Å²) in [5, 5.41) is 6.52. The molecule has 2 aromatic rings. The number of ether oxygens (including phenoxy) is 1. The van der Waals surface area contributed by atoms with Crippen LogP contribution in [-0.4, -0.2) is 11.0 Å². The fraction of sp³-hybridized carbons (Fsp3) is 0.400. The van der Waals surface area contributed by atoms with E-state index < -0.39 is 0 Å². The van der Waals surface area contributed by atoms with Gasteiger partial charge in [0.05, 0.1) is 10.2 Å². The van der Waals surface area contributed by atoms with Crippen LogP contribution in [0, 0.1) is 6.92 Å². The molecule has 1 aromatic heterocycles. The summed E-state index contributed by atoms with van der Waals surface area (Å²) in [7, 11) is 0. The van der Waals surface area contributed by atoms with Crippen LogP contribution in [0.25, 0.3) is 0 Å². The SMILES string of the molecule is Cc1ccc(OCc2csc(CNC(C)C)n2)c(Br)c1. The maximum atomic E-state index is 5.79. The van der Waals surface area contributed by atoms with Crippen LogP contribution in [0.3, 0.4) is 0 Å². The largest absolute Gasteiger partial charge is 0.486 e. The molecule has 0 fully saturated rings. The highest BCUT2D eigenvalue weighted by Crippen LogP contribution is 2.26. The molecule has 3 nitrogen and oxygen atoms in total. The lowest BCUT2D eigenvalue weighted by molar-refractivity contribution is 0.300. The van der Waals surface area contributed by atoms with Gasteiger partial charge in [-0.1, -0.05) is 19.9 Å². The highest BCUT2D eigenvalue weighted by molar-refractivity contribution is 9.10. The standard InChI is InChI=1S/C15H19BrN2OS/c1-10(2)17-7-15-18-12(9-20-15)8-19-14-5-4-11(3)6-13(14)16/h4-6,9-10,17H,7-8H2,1-3H3. The van der Waals surface area contributed by atoms with Gasteiger partial charge in [0.25, 0.3) is 0 Å². The van der Waals surface area contributed by atoms with Crippen molar-refractivity contribution in [3.63, 3.8) is 0 Å². The molecule has 5 heteroatoms. The van der Waals surface area contributed by atoms with Crippen molar-refractivity contribution in [3.05, 3.63) is 44.3 Å². The lowest BCUT2D eigenvalue weighted by atomic mass is 10.2. The Labute approximate surface area is 132 Å². The number of halogens is 1. The molecular weight excluding hydrogens is 336 g/mol. The number of hydrogen-bond donors (Lipinski definition) is 1. The maximum Gasteiger partial charge on any atom is 0.134 e. The molecule has 0 radical (unpaired) electrons. The lowest BCUT2D eigenvalue weighted by Gasteiger charge is -2.07. The predicted octanol–water partition coefficient (Wildman–Crippen LogP) is 4.29. The minimum atomic E-state index is 0.474. The van der Waals surface area contributed by atoms with Crippen molar-refractivity contribution >= 4 is 27.3 Å². The molecule has 1 heterocycles. The summed E-state index contributed by atoms with van der Waals surface area (Å²) >= 11 is 5.18. The summed E-state index contributed by atoms with van der Waals surface area (Å²) in [6.45, 7) is 7.64. The van der Waals surface area contributed by atoms with E-state index in [-0.39, 0.29) is 0 Å². The van der Waals surface area contributed by atoms with Gasteiger partial charge in [-0.25, -0.2) is 4.98 Å². The van der Waals surface area contributed by atoms with E-state index in [1.807, 2.05) is 18.2 Å². The first-order valence-corrected chi connectivity index (χ1v) is 8.27. The lowest BCUT2D eigenvalue weighted by Crippen LogP contribution is -2.21. The Hall–Kier alpha value is -0.910. The number of aryl methyl sites for hydroxylation is 1. The molecule has 0 aliphatic heterocycles. The molecule has 1 aromatic carbocycles. The minimum absolute atomic E-state index is 0.474. The first-order chi connectivity index (χ1) is 9.54. The van der Waals surface area contributed by atoms with Gasteiger partial charge < -0.3 is 10.1 Å². The van der Waals surface area contributed by atoms with Gasteiger partial charge in [0.15, 0.2) is 0 Å². The minimum Gasteiger partial charge on any atom is -0.486 e. The number of aromatic nitrogens is 1. The molecule has 0 aliphatic carbocycles. The van der Waals surface area contributed by atoms with Gasteiger partial charge in [-0.3, -0.25) is 0 Å². The van der Waals surface area contributed by atoms with E-state index in [0.29, 0.717) is 12.6 Å². The van der Waals surface area contributed by atoms with Crippen molar-refractivity contribution in [2.45, 2.75) is 40.0 Å². The molecule has 0 saturated carbocycles. The van der Waals surface area contributed by atoms with E-state index in [1.54, 1.807) is 11.3 Å². The van der Waals surface area contributed by atoms with Crippen molar-refractivity contribution in [3.8, 4) is 5.75 Å². The quantitative estimate of drug-likeness (QED) is 0.839. The summed E-state index contributed by atoms with van der Waals surface area (Å²) < 4.78 is 6.77. The first-order valence-electron chi connectivity index (χ1n) is 6.60. The molecule has 2 rings (SSSR count). The summed E-state index contributed by atoms with van der Waals surface area (Å²) in [4.78, 5) is 4.56. The van der Waals surface area contributed by atoms with Gasteiger partial charge in [0.1, 0.15) is 17.4 Å². The second-order valence-corrected chi connectivity index (χ2v) is 6.79. The number of rotatable bonds is 6. The third kappa shape index (κ3) is 4.58. The van der Waals surface area contributed by atoms with E-state index in [1.165, 1.54) is 5.56 Å². The fourth-order valence-corrected chi connectivity index (χ4v) is 3.00. The first kappa shape index (κ1) is 15.5. The number of benzene rings is 1. The van der Waals surface area contributed by atoms with Crippen LogP contribution in [0.2, 0.25) is 0 Å². The van der Waals surface area contributed by atoms with Crippen LogP contribution in [-0.2, 0) is 13.2 Å².